The summed E-state index contributed by atoms with van der Waals surface area (Å²) in [6, 6.07) is 13.2. The molecule has 8 heteroatoms. The van der Waals surface area contributed by atoms with Crippen molar-refractivity contribution in [1.82, 2.24) is 14.8 Å². The van der Waals surface area contributed by atoms with Gasteiger partial charge < -0.3 is 4.90 Å². The third-order valence-electron chi connectivity index (χ3n) is 9.15. The molecule has 0 N–H and O–H groups in total. The van der Waals surface area contributed by atoms with Gasteiger partial charge in [0.25, 0.3) is 0 Å². The molecule has 1 aromatic heterocycles. The maximum Gasteiger partial charge on any atom is 0.325 e. The minimum Gasteiger partial charge on any atom is -0.317 e. The van der Waals surface area contributed by atoms with Gasteiger partial charge in [-0.3, -0.25) is 14.8 Å². The molecule has 5 nitrogen and oxygen atoms in total. The summed E-state index contributed by atoms with van der Waals surface area (Å²) in [5.41, 5.74) is 4.32. The van der Waals surface area contributed by atoms with Gasteiger partial charge in [0.15, 0.2) is 0 Å². The highest BCUT2D eigenvalue weighted by molar-refractivity contribution is 7.56. The van der Waals surface area contributed by atoms with Crippen LogP contribution in [0.4, 0.5) is 10.5 Å². The second kappa shape index (κ2) is 9.89. The Hall–Kier alpha value is -1.11. The molecule has 1 spiro atoms. The van der Waals surface area contributed by atoms with Crippen LogP contribution in [0.25, 0.3) is 0 Å². The molecule has 3 aliphatic rings. The quantitative estimate of drug-likeness (QED) is 0.425. The van der Waals surface area contributed by atoms with E-state index in [1.165, 1.54) is 24.8 Å². The first-order chi connectivity index (χ1) is 17.1. The van der Waals surface area contributed by atoms with Gasteiger partial charge in [0.2, 0.25) is 0 Å². The summed E-state index contributed by atoms with van der Waals surface area (Å²) < 4.78 is -0.258. The highest BCUT2D eigenvalue weighted by atomic mass is 31.1. The highest BCUT2D eigenvalue weighted by Crippen LogP contribution is 2.51. The van der Waals surface area contributed by atoms with E-state index in [0.717, 1.165) is 55.7 Å². The third-order valence-corrected chi connectivity index (χ3v) is 10.0. The lowest BCUT2D eigenvalue weighted by Crippen LogP contribution is -2.56. The summed E-state index contributed by atoms with van der Waals surface area (Å²) >= 11 is 0. The second-order valence-corrected chi connectivity index (χ2v) is 16.4. The number of aromatic nitrogens is 1. The van der Waals surface area contributed by atoms with Crippen molar-refractivity contribution in [2.45, 2.75) is 67.6 Å². The molecule has 2 aliphatic carbocycles. The largest absolute Gasteiger partial charge is 0.325 e. The van der Waals surface area contributed by atoms with Crippen molar-refractivity contribution in [1.29, 1.82) is 0 Å². The molecule has 194 valence electrons. The van der Waals surface area contributed by atoms with Crippen molar-refractivity contribution in [3.05, 3.63) is 59.4 Å². The topological polar surface area (TPSA) is 39.7 Å². The SMILES string of the molecule is Cc1cc(C(P)(P)P)ncc1N1C[C@]2(CC[C@](c3ccccc3)(N(C)C)CC2)N(CC2CCC2)C1=O. The Morgan fingerprint density at radius 2 is 1.75 bits per heavy atom. The summed E-state index contributed by atoms with van der Waals surface area (Å²) in [7, 11) is 12.8. The monoisotopic (exact) mass is 542 g/mol. The first-order valence-electron chi connectivity index (χ1n) is 13.2. The zero-order valence-corrected chi connectivity index (χ0v) is 25.4. The summed E-state index contributed by atoms with van der Waals surface area (Å²) in [5.74, 6) is 0.647. The van der Waals surface area contributed by atoms with Crippen molar-refractivity contribution < 1.29 is 4.79 Å². The fraction of sp³-hybridized carbons (Fsp3) is 0.571. The first kappa shape index (κ1) is 26.5. The number of carbonyl (C=O) groups excluding carboxylic acids is 1. The lowest BCUT2D eigenvalue weighted by atomic mass is 9.68. The number of hydrogen-bond donors (Lipinski definition) is 0. The minimum absolute atomic E-state index is 0.0178. The number of anilines is 1. The van der Waals surface area contributed by atoms with Crippen LogP contribution in [-0.2, 0) is 10.2 Å². The van der Waals surface area contributed by atoms with Crippen LogP contribution < -0.4 is 4.90 Å². The number of aryl methyl sites for hydroxylation is 1. The van der Waals surface area contributed by atoms with Crippen LogP contribution >= 0.6 is 27.7 Å². The van der Waals surface area contributed by atoms with E-state index < -0.39 is 0 Å². The van der Waals surface area contributed by atoms with Crippen molar-refractivity contribution >= 4 is 39.4 Å². The summed E-state index contributed by atoms with van der Waals surface area (Å²) in [5, 5.41) is 0. The van der Waals surface area contributed by atoms with E-state index in [9.17, 15) is 4.79 Å². The van der Waals surface area contributed by atoms with Crippen molar-refractivity contribution in [3.63, 3.8) is 0 Å². The van der Waals surface area contributed by atoms with E-state index in [0.29, 0.717) is 5.92 Å². The standard InChI is InChI=1S/C28H41N4OP3/c1-20-16-24(28(34,35)36)29-17-23(20)31-19-26(32(25(31)33)18-21-8-7-9-21)12-14-27(15-13-26,30(2)3)22-10-5-4-6-11-22/h4-6,10-11,16-17,21H,7-9,12-15,18-19,34-36H2,1-3H3/t26-,27+. The summed E-state index contributed by atoms with van der Waals surface area (Å²) in [6.07, 6.45) is 9.85. The van der Waals surface area contributed by atoms with Gasteiger partial charge >= 0.3 is 6.03 Å². The van der Waals surface area contributed by atoms with Gasteiger partial charge in [0.1, 0.15) is 0 Å². The molecule has 2 heterocycles. The molecule has 1 aliphatic heterocycles. The van der Waals surface area contributed by atoms with E-state index >= 15 is 0 Å². The van der Waals surface area contributed by atoms with Gasteiger partial charge in [0, 0.05) is 12.1 Å². The first-order valence-corrected chi connectivity index (χ1v) is 14.9. The van der Waals surface area contributed by atoms with Crippen LogP contribution in [0.2, 0.25) is 0 Å². The van der Waals surface area contributed by atoms with E-state index in [2.05, 4.69) is 94.9 Å². The number of pyridine rings is 1. The Morgan fingerprint density at radius 1 is 1.08 bits per heavy atom. The fourth-order valence-electron chi connectivity index (χ4n) is 6.56. The summed E-state index contributed by atoms with van der Waals surface area (Å²) in [6.45, 7) is 3.76. The van der Waals surface area contributed by atoms with Crippen LogP contribution in [0.5, 0.6) is 0 Å². The van der Waals surface area contributed by atoms with Crippen molar-refractivity contribution in [3.8, 4) is 0 Å². The van der Waals surface area contributed by atoms with Gasteiger partial charge in [-0.15, -0.1) is 27.7 Å². The predicted octanol–water partition coefficient (Wildman–Crippen LogP) is 5.94. The molecule has 2 aromatic rings. The molecule has 3 unspecified atom stereocenters. The molecule has 0 radical (unpaired) electrons. The van der Waals surface area contributed by atoms with Crippen LogP contribution in [0, 0.1) is 12.8 Å². The number of hydrogen-bond acceptors (Lipinski definition) is 3. The normalized spacial score (nSPS) is 27.2. The fourth-order valence-corrected chi connectivity index (χ4v) is 7.03. The number of rotatable bonds is 6. The van der Waals surface area contributed by atoms with E-state index in [1.54, 1.807) is 0 Å². The Labute approximate surface area is 223 Å². The van der Waals surface area contributed by atoms with Crippen molar-refractivity contribution in [2.75, 3.05) is 32.1 Å². The predicted molar refractivity (Wildman–Crippen MR) is 160 cm³/mol. The van der Waals surface area contributed by atoms with Crippen molar-refractivity contribution in [2.24, 2.45) is 5.92 Å². The van der Waals surface area contributed by atoms with Gasteiger partial charge in [-0.1, -0.05) is 36.8 Å². The average Bonchev–Trinajstić information content (AvgIpc) is 3.07. The Kier molecular flexibility index (Phi) is 7.28. The number of benzene rings is 1. The van der Waals surface area contributed by atoms with Crippen LogP contribution in [0.1, 0.15) is 61.8 Å². The zero-order valence-electron chi connectivity index (χ0n) is 21.9. The molecule has 1 saturated heterocycles. The molecular formula is C28H41N4OP3. The Balaban J connectivity index is 1.46. The highest BCUT2D eigenvalue weighted by Gasteiger charge is 2.55. The van der Waals surface area contributed by atoms with Gasteiger partial charge in [0.05, 0.1) is 34.3 Å². The summed E-state index contributed by atoms with van der Waals surface area (Å²) in [4.78, 5) is 25.5. The smallest absolute Gasteiger partial charge is 0.317 e. The molecule has 3 atom stereocenters. The molecular weight excluding hydrogens is 501 g/mol. The second-order valence-electron chi connectivity index (χ2n) is 11.6. The molecule has 0 bridgehead atoms. The molecule has 2 amide bonds. The van der Waals surface area contributed by atoms with Gasteiger partial charge in [-0.2, -0.15) is 0 Å². The zero-order chi connectivity index (χ0) is 25.7. The molecule has 2 saturated carbocycles. The minimum atomic E-state index is -0.258. The van der Waals surface area contributed by atoms with E-state index in [4.69, 9.17) is 4.98 Å². The van der Waals surface area contributed by atoms with Gasteiger partial charge in [-0.25, -0.2) is 4.79 Å². The number of urea groups is 1. The molecule has 5 rings (SSSR count). The molecule has 3 fully saturated rings. The lowest BCUT2D eigenvalue weighted by molar-refractivity contribution is 0.0172. The maximum atomic E-state index is 14.1. The molecule has 36 heavy (non-hydrogen) atoms. The maximum absolute atomic E-state index is 14.1. The van der Waals surface area contributed by atoms with Gasteiger partial charge in [-0.05, 0) is 82.7 Å². The molecule has 1 aromatic carbocycles. The van der Waals surface area contributed by atoms with E-state index in [1.807, 2.05) is 11.1 Å². The average molecular weight is 543 g/mol. The van der Waals surface area contributed by atoms with Crippen LogP contribution in [-0.4, -0.2) is 53.5 Å². The van der Waals surface area contributed by atoms with Crippen LogP contribution in [0.3, 0.4) is 0 Å². The van der Waals surface area contributed by atoms with Crippen LogP contribution in [0.15, 0.2) is 42.6 Å². The Morgan fingerprint density at radius 3 is 2.28 bits per heavy atom. The number of nitrogens with zero attached hydrogens (tertiary/aromatic N) is 4. The lowest BCUT2D eigenvalue weighted by Gasteiger charge is -2.51. The number of amides is 2. The van der Waals surface area contributed by atoms with E-state index in [-0.39, 0.29) is 21.7 Å². The third kappa shape index (κ3) is 4.64. The number of carbonyl (C=O) groups is 1. The Bertz CT molecular complexity index is 1110.